The van der Waals surface area contributed by atoms with Gasteiger partial charge in [0.25, 0.3) is 0 Å². The Bertz CT molecular complexity index is 439. The summed E-state index contributed by atoms with van der Waals surface area (Å²) in [6, 6.07) is -0.719. The van der Waals surface area contributed by atoms with E-state index in [9.17, 15) is 14.7 Å². The van der Waals surface area contributed by atoms with Gasteiger partial charge in [-0.25, -0.2) is 4.79 Å². The molecule has 0 unspecified atom stereocenters. The van der Waals surface area contributed by atoms with Crippen molar-refractivity contribution in [2.45, 2.75) is 38.5 Å². The average molecular weight is 283 g/mol. The van der Waals surface area contributed by atoms with Gasteiger partial charge in [0.1, 0.15) is 5.60 Å². The summed E-state index contributed by atoms with van der Waals surface area (Å²) in [6.45, 7) is 5.19. The van der Waals surface area contributed by atoms with Gasteiger partial charge in [-0.05, 0) is 20.8 Å². The lowest BCUT2D eigenvalue weighted by molar-refractivity contribution is -0.147. The maximum Gasteiger partial charge on any atom is 0.411 e. The molecule has 2 heterocycles. The van der Waals surface area contributed by atoms with E-state index < -0.39 is 29.6 Å². The van der Waals surface area contributed by atoms with Gasteiger partial charge in [0.2, 0.25) is 0 Å². The standard InChI is InChI=1S/C14H21NO5/c1-14(2,3)20-13(18)15-9-5-6-10(15)11(8(9)7-16)12(17)19-4/h5-6,8-11,16H,7H2,1-4H3/t8-,9-,10+,11+/m1/s1. The lowest BCUT2D eigenvalue weighted by atomic mass is 9.84. The summed E-state index contributed by atoms with van der Waals surface area (Å²) in [5.74, 6) is -1.29. The van der Waals surface area contributed by atoms with E-state index in [0.29, 0.717) is 0 Å². The summed E-state index contributed by atoms with van der Waals surface area (Å²) in [5.41, 5.74) is -0.603. The van der Waals surface area contributed by atoms with Gasteiger partial charge in [0.05, 0.1) is 25.1 Å². The monoisotopic (exact) mass is 283 g/mol. The van der Waals surface area contributed by atoms with E-state index in [1.54, 1.807) is 20.8 Å². The Balaban J connectivity index is 2.22. The number of aliphatic hydroxyl groups excluding tert-OH is 1. The van der Waals surface area contributed by atoms with Gasteiger partial charge in [-0.3, -0.25) is 9.69 Å². The summed E-state index contributed by atoms with van der Waals surface area (Å²) in [5, 5.41) is 9.51. The minimum atomic E-state index is -0.603. The zero-order valence-electron chi connectivity index (χ0n) is 12.2. The van der Waals surface area contributed by atoms with Crippen molar-refractivity contribution in [3.8, 4) is 0 Å². The summed E-state index contributed by atoms with van der Waals surface area (Å²) in [4.78, 5) is 25.7. The topological polar surface area (TPSA) is 76.1 Å². The number of carbonyl (C=O) groups excluding carboxylic acids is 2. The molecular weight excluding hydrogens is 262 g/mol. The number of amides is 1. The molecule has 4 atom stereocenters. The van der Waals surface area contributed by atoms with Gasteiger partial charge in [-0.1, -0.05) is 12.2 Å². The fourth-order valence-corrected chi connectivity index (χ4v) is 2.95. The third kappa shape index (κ3) is 2.40. The van der Waals surface area contributed by atoms with Crippen molar-refractivity contribution in [2.75, 3.05) is 13.7 Å². The minimum absolute atomic E-state index is 0.176. The normalized spacial score (nSPS) is 31.6. The number of esters is 1. The third-order valence-corrected chi connectivity index (χ3v) is 3.70. The number of hydrogen-bond acceptors (Lipinski definition) is 5. The SMILES string of the molecule is COC(=O)[C@H]1[C@H](CO)[C@H]2C=C[C@@H]1N2C(=O)OC(C)(C)C. The molecule has 1 amide bonds. The lowest BCUT2D eigenvalue weighted by Crippen LogP contribution is -2.42. The van der Waals surface area contributed by atoms with Crippen LogP contribution in [0.5, 0.6) is 0 Å². The number of rotatable bonds is 2. The van der Waals surface area contributed by atoms with E-state index in [1.807, 2.05) is 12.2 Å². The third-order valence-electron chi connectivity index (χ3n) is 3.70. The Hall–Kier alpha value is -1.56. The van der Waals surface area contributed by atoms with Crippen LogP contribution in [0, 0.1) is 11.8 Å². The van der Waals surface area contributed by atoms with Crippen molar-refractivity contribution in [1.29, 1.82) is 0 Å². The minimum Gasteiger partial charge on any atom is -0.469 e. The van der Waals surface area contributed by atoms with E-state index in [4.69, 9.17) is 9.47 Å². The molecular formula is C14H21NO5. The number of ether oxygens (including phenoxy) is 2. The van der Waals surface area contributed by atoms with E-state index in [-0.39, 0.29) is 18.6 Å². The van der Waals surface area contributed by atoms with Gasteiger partial charge in [-0.15, -0.1) is 0 Å². The van der Waals surface area contributed by atoms with Crippen LogP contribution in [-0.2, 0) is 14.3 Å². The molecule has 0 aliphatic carbocycles. The number of nitrogens with zero attached hydrogens (tertiary/aromatic N) is 1. The second kappa shape index (κ2) is 5.09. The molecule has 1 saturated heterocycles. The second-order valence-electron chi connectivity index (χ2n) is 6.15. The van der Waals surface area contributed by atoms with E-state index >= 15 is 0 Å². The quantitative estimate of drug-likeness (QED) is 0.603. The number of methoxy groups -OCH3 is 1. The fourth-order valence-electron chi connectivity index (χ4n) is 2.95. The predicted molar refractivity (Wildman–Crippen MR) is 70.9 cm³/mol. The molecule has 20 heavy (non-hydrogen) atoms. The molecule has 6 nitrogen and oxygen atoms in total. The average Bonchev–Trinajstić information content (AvgIpc) is 2.90. The van der Waals surface area contributed by atoms with E-state index in [0.717, 1.165) is 0 Å². The van der Waals surface area contributed by atoms with Crippen LogP contribution in [0.4, 0.5) is 4.79 Å². The van der Waals surface area contributed by atoms with Gasteiger partial charge in [0, 0.05) is 12.5 Å². The Morgan fingerprint density at radius 2 is 1.85 bits per heavy atom. The largest absolute Gasteiger partial charge is 0.469 e. The molecule has 112 valence electrons. The fraction of sp³-hybridized carbons (Fsp3) is 0.714. The maximum absolute atomic E-state index is 12.3. The highest BCUT2D eigenvalue weighted by molar-refractivity contribution is 5.79. The Morgan fingerprint density at radius 1 is 1.25 bits per heavy atom. The number of carbonyl (C=O) groups is 2. The number of aliphatic hydroxyl groups is 1. The van der Waals surface area contributed by atoms with Crippen molar-refractivity contribution >= 4 is 12.1 Å². The van der Waals surface area contributed by atoms with Crippen LogP contribution in [0.3, 0.4) is 0 Å². The Labute approximate surface area is 118 Å². The van der Waals surface area contributed by atoms with Crippen LogP contribution in [-0.4, -0.2) is 53.5 Å². The first-order valence-electron chi connectivity index (χ1n) is 6.68. The molecule has 0 aromatic heterocycles. The van der Waals surface area contributed by atoms with Gasteiger partial charge in [-0.2, -0.15) is 0 Å². The van der Waals surface area contributed by atoms with Crippen LogP contribution >= 0.6 is 0 Å². The first-order chi connectivity index (χ1) is 9.30. The zero-order chi connectivity index (χ0) is 15.1. The van der Waals surface area contributed by atoms with Crippen LogP contribution in [0.1, 0.15) is 20.8 Å². The van der Waals surface area contributed by atoms with Crippen molar-refractivity contribution in [3.05, 3.63) is 12.2 Å². The predicted octanol–water partition coefficient (Wildman–Crippen LogP) is 0.942. The molecule has 1 N–H and O–H groups in total. The summed E-state index contributed by atoms with van der Waals surface area (Å²) < 4.78 is 10.2. The molecule has 0 aromatic carbocycles. The molecule has 2 bridgehead atoms. The molecule has 0 spiro atoms. The van der Waals surface area contributed by atoms with Gasteiger partial charge < -0.3 is 14.6 Å². The molecule has 0 radical (unpaired) electrons. The van der Waals surface area contributed by atoms with Crippen LogP contribution in [0.25, 0.3) is 0 Å². The molecule has 2 aliphatic rings. The highest BCUT2D eigenvalue weighted by Gasteiger charge is 2.56. The Morgan fingerprint density at radius 3 is 2.35 bits per heavy atom. The molecule has 2 rings (SSSR count). The van der Waals surface area contributed by atoms with Gasteiger partial charge >= 0.3 is 12.1 Å². The molecule has 0 saturated carbocycles. The molecule has 1 fully saturated rings. The molecule has 2 aliphatic heterocycles. The van der Waals surface area contributed by atoms with E-state index in [1.165, 1.54) is 12.0 Å². The van der Waals surface area contributed by atoms with Crippen molar-refractivity contribution in [3.63, 3.8) is 0 Å². The molecule has 6 heteroatoms. The highest BCUT2D eigenvalue weighted by Crippen LogP contribution is 2.42. The summed E-state index contributed by atoms with van der Waals surface area (Å²) in [6.07, 6.45) is 3.18. The first-order valence-corrected chi connectivity index (χ1v) is 6.68. The zero-order valence-corrected chi connectivity index (χ0v) is 12.2. The first kappa shape index (κ1) is 14.8. The Kier molecular flexibility index (Phi) is 3.77. The second-order valence-corrected chi connectivity index (χ2v) is 6.15. The van der Waals surface area contributed by atoms with Crippen molar-refractivity contribution < 1.29 is 24.2 Å². The van der Waals surface area contributed by atoms with Crippen LogP contribution < -0.4 is 0 Å². The van der Waals surface area contributed by atoms with Crippen LogP contribution in [0.2, 0.25) is 0 Å². The lowest BCUT2D eigenvalue weighted by Gasteiger charge is -2.28. The van der Waals surface area contributed by atoms with E-state index in [2.05, 4.69) is 0 Å². The maximum atomic E-state index is 12.3. The summed E-state index contributed by atoms with van der Waals surface area (Å²) >= 11 is 0. The number of hydrogen-bond donors (Lipinski definition) is 1. The smallest absolute Gasteiger partial charge is 0.411 e. The van der Waals surface area contributed by atoms with Crippen molar-refractivity contribution in [1.82, 2.24) is 4.90 Å². The highest BCUT2D eigenvalue weighted by atomic mass is 16.6. The van der Waals surface area contributed by atoms with Crippen molar-refractivity contribution in [2.24, 2.45) is 11.8 Å². The van der Waals surface area contributed by atoms with Crippen LogP contribution in [0.15, 0.2) is 12.2 Å². The summed E-state index contributed by atoms with van der Waals surface area (Å²) in [7, 11) is 1.31. The molecule has 0 aromatic rings. The van der Waals surface area contributed by atoms with Gasteiger partial charge in [0.15, 0.2) is 0 Å². The number of fused-ring (bicyclic) bond motifs is 2.